The van der Waals surface area contributed by atoms with Gasteiger partial charge in [0.25, 0.3) is 0 Å². The summed E-state index contributed by atoms with van der Waals surface area (Å²) in [5.74, 6) is -3.69. The van der Waals surface area contributed by atoms with Gasteiger partial charge in [0.2, 0.25) is 5.92 Å². The normalized spacial score (nSPS) is 33.6. The van der Waals surface area contributed by atoms with Crippen molar-refractivity contribution in [3.05, 3.63) is 0 Å². The third kappa shape index (κ3) is 2.36. The van der Waals surface area contributed by atoms with Gasteiger partial charge in [-0.1, -0.05) is 0 Å². The second kappa shape index (κ2) is 4.74. The summed E-state index contributed by atoms with van der Waals surface area (Å²) in [4.78, 5) is 11.9. The second-order valence-electron chi connectivity index (χ2n) is 5.13. The molecule has 0 aromatic carbocycles. The minimum absolute atomic E-state index is 0.164. The minimum atomic E-state index is -2.65. The highest BCUT2D eigenvalue weighted by atomic mass is 19.3. The third-order valence-corrected chi connectivity index (χ3v) is 3.93. The maximum Gasteiger partial charge on any atom is 0.313 e. The van der Waals surface area contributed by atoms with Crippen LogP contribution in [0, 0.1) is 5.92 Å². The Morgan fingerprint density at radius 2 is 2.00 bits per heavy atom. The zero-order valence-corrected chi connectivity index (χ0v) is 10.5. The molecule has 0 bridgehead atoms. The molecule has 2 rings (SSSR count). The molecule has 2 N–H and O–H groups in total. The Hall–Kier alpha value is -0.750. The number of rotatable bonds is 2. The van der Waals surface area contributed by atoms with Crippen molar-refractivity contribution in [1.29, 1.82) is 0 Å². The topological polar surface area (TPSA) is 61.5 Å². The fourth-order valence-electron chi connectivity index (χ4n) is 2.95. The van der Waals surface area contributed by atoms with Gasteiger partial charge < -0.3 is 15.2 Å². The molecule has 2 fully saturated rings. The van der Waals surface area contributed by atoms with Crippen molar-refractivity contribution in [3.63, 3.8) is 0 Å². The molecule has 1 heterocycles. The summed E-state index contributed by atoms with van der Waals surface area (Å²) in [6.45, 7) is 2.20. The largest absolute Gasteiger partial charge is 0.466 e. The highest BCUT2D eigenvalue weighted by molar-refractivity contribution is 5.75. The van der Waals surface area contributed by atoms with Gasteiger partial charge in [-0.25, -0.2) is 8.78 Å². The van der Waals surface area contributed by atoms with Gasteiger partial charge in [0.05, 0.1) is 18.8 Å². The first-order valence-corrected chi connectivity index (χ1v) is 6.34. The first kappa shape index (κ1) is 13.7. The van der Waals surface area contributed by atoms with E-state index in [1.807, 2.05) is 0 Å². The quantitative estimate of drug-likeness (QED) is 0.766. The molecule has 2 unspecified atom stereocenters. The average molecular weight is 263 g/mol. The summed E-state index contributed by atoms with van der Waals surface area (Å²) >= 11 is 0. The molecule has 1 aliphatic heterocycles. The van der Waals surface area contributed by atoms with E-state index in [9.17, 15) is 13.6 Å². The van der Waals surface area contributed by atoms with Crippen molar-refractivity contribution in [2.75, 3.05) is 13.2 Å². The lowest BCUT2D eigenvalue weighted by atomic mass is 9.73. The highest BCUT2D eigenvalue weighted by Gasteiger charge is 2.57. The van der Waals surface area contributed by atoms with E-state index < -0.39 is 29.5 Å². The Balaban J connectivity index is 2.14. The number of halogens is 2. The maximum absolute atomic E-state index is 13.2. The molecule has 2 atom stereocenters. The van der Waals surface area contributed by atoms with Gasteiger partial charge in [0.15, 0.2) is 0 Å². The van der Waals surface area contributed by atoms with Crippen molar-refractivity contribution < 1.29 is 23.0 Å². The minimum Gasteiger partial charge on any atom is -0.466 e. The summed E-state index contributed by atoms with van der Waals surface area (Å²) in [7, 11) is 0. The van der Waals surface area contributed by atoms with Crippen molar-refractivity contribution in [2.45, 2.75) is 50.2 Å². The lowest BCUT2D eigenvalue weighted by Crippen LogP contribution is -2.50. The summed E-state index contributed by atoms with van der Waals surface area (Å²) in [5, 5.41) is 0. The summed E-state index contributed by atoms with van der Waals surface area (Å²) in [5.41, 5.74) is 5.03. The van der Waals surface area contributed by atoms with Crippen molar-refractivity contribution in [3.8, 4) is 0 Å². The molecule has 6 heteroatoms. The molecule has 18 heavy (non-hydrogen) atoms. The summed E-state index contributed by atoms with van der Waals surface area (Å²) < 4.78 is 37.0. The van der Waals surface area contributed by atoms with Crippen LogP contribution >= 0.6 is 0 Å². The van der Waals surface area contributed by atoms with E-state index in [2.05, 4.69) is 0 Å². The molecule has 4 nitrogen and oxygen atoms in total. The molecule has 0 radical (unpaired) electrons. The summed E-state index contributed by atoms with van der Waals surface area (Å²) in [6, 6.07) is -0.462. The Bertz CT molecular complexity index is 325. The number of carbonyl (C=O) groups is 1. The molecule has 0 amide bonds. The predicted octanol–water partition coefficient (Wildman–Crippen LogP) is 1.47. The standard InChI is InChI=1S/C12H19F2NO3/c1-2-17-10(16)9-8(15)7-18-11(9)3-5-12(13,14)6-4-11/h8-9H,2-7,15H2,1H3. The van der Waals surface area contributed by atoms with E-state index in [1.165, 1.54) is 0 Å². The van der Waals surface area contributed by atoms with Crippen LogP contribution in [0.25, 0.3) is 0 Å². The van der Waals surface area contributed by atoms with Crippen LogP contribution in [0.3, 0.4) is 0 Å². The molecule has 0 aromatic heterocycles. The maximum atomic E-state index is 13.2. The molecule has 1 saturated carbocycles. The fourth-order valence-corrected chi connectivity index (χ4v) is 2.95. The Morgan fingerprint density at radius 3 is 2.56 bits per heavy atom. The first-order chi connectivity index (χ1) is 8.40. The first-order valence-electron chi connectivity index (χ1n) is 6.34. The van der Waals surface area contributed by atoms with Crippen LogP contribution < -0.4 is 5.73 Å². The smallest absolute Gasteiger partial charge is 0.313 e. The van der Waals surface area contributed by atoms with Crippen molar-refractivity contribution in [2.24, 2.45) is 11.7 Å². The molecule has 2 aliphatic rings. The lowest BCUT2D eigenvalue weighted by molar-refractivity contribution is -0.164. The second-order valence-corrected chi connectivity index (χ2v) is 5.13. The van der Waals surface area contributed by atoms with E-state index in [4.69, 9.17) is 15.2 Å². The zero-order chi connectivity index (χ0) is 13.4. The van der Waals surface area contributed by atoms with Crippen LogP contribution in [0.15, 0.2) is 0 Å². The summed E-state index contributed by atoms with van der Waals surface area (Å²) in [6.07, 6.45) is -0.181. The van der Waals surface area contributed by atoms with Crippen LogP contribution in [-0.4, -0.2) is 36.7 Å². The van der Waals surface area contributed by atoms with Gasteiger partial charge in [-0.3, -0.25) is 4.79 Å². The average Bonchev–Trinajstić information content (AvgIpc) is 2.62. The number of ether oxygens (including phenoxy) is 2. The fraction of sp³-hybridized carbons (Fsp3) is 0.917. The van der Waals surface area contributed by atoms with Crippen LogP contribution in [0.1, 0.15) is 32.6 Å². The van der Waals surface area contributed by atoms with Gasteiger partial charge in [-0.2, -0.15) is 0 Å². The molecular formula is C12H19F2NO3. The predicted molar refractivity (Wildman–Crippen MR) is 60.2 cm³/mol. The number of carbonyl (C=O) groups excluding carboxylic acids is 1. The zero-order valence-electron chi connectivity index (χ0n) is 10.5. The Kier molecular flexibility index (Phi) is 3.60. The van der Waals surface area contributed by atoms with E-state index >= 15 is 0 Å². The number of esters is 1. The Labute approximate surface area is 105 Å². The van der Waals surface area contributed by atoms with Crippen LogP contribution in [0.2, 0.25) is 0 Å². The number of hydrogen-bond acceptors (Lipinski definition) is 4. The van der Waals surface area contributed by atoms with Gasteiger partial charge in [-0.15, -0.1) is 0 Å². The lowest BCUT2D eigenvalue weighted by Gasteiger charge is -2.39. The number of alkyl halides is 2. The molecular weight excluding hydrogens is 244 g/mol. The molecule has 1 saturated heterocycles. The van der Waals surface area contributed by atoms with Gasteiger partial charge in [-0.05, 0) is 19.8 Å². The van der Waals surface area contributed by atoms with Crippen molar-refractivity contribution >= 4 is 5.97 Å². The Morgan fingerprint density at radius 1 is 1.39 bits per heavy atom. The van der Waals surface area contributed by atoms with E-state index in [1.54, 1.807) is 6.92 Å². The number of nitrogens with two attached hydrogens (primary N) is 1. The third-order valence-electron chi connectivity index (χ3n) is 3.93. The SMILES string of the molecule is CCOC(=O)C1C(N)COC12CCC(F)(F)CC2. The molecule has 1 spiro atoms. The van der Waals surface area contributed by atoms with Crippen LogP contribution in [0.4, 0.5) is 8.78 Å². The van der Waals surface area contributed by atoms with E-state index in [0.717, 1.165) is 0 Å². The van der Waals surface area contributed by atoms with Crippen LogP contribution in [-0.2, 0) is 14.3 Å². The van der Waals surface area contributed by atoms with E-state index in [-0.39, 0.29) is 38.9 Å². The van der Waals surface area contributed by atoms with Gasteiger partial charge in [0, 0.05) is 18.9 Å². The van der Waals surface area contributed by atoms with Gasteiger partial charge >= 0.3 is 5.97 Å². The number of hydrogen-bond donors (Lipinski definition) is 1. The molecule has 0 aromatic rings. The van der Waals surface area contributed by atoms with Crippen LogP contribution in [0.5, 0.6) is 0 Å². The monoisotopic (exact) mass is 263 g/mol. The highest BCUT2D eigenvalue weighted by Crippen LogP contribution is 2.48. The van der Waals surface area contributed by atoms with Gasteiger partial charge in [0.1, 0.15) is 5.92 Å². The molecule has 104 valence electrons. The van der Waals surface area contributed by atoms with E-state index in [0.29, 0.717) is 0 Å². The van der Waals surface area contributed by atoms with Crippen molar-refractivity contribution in [1.82, 2.24) is 0 Å². The molecule has 1 aliphatic carbocycles.